The van der Waals surface area contributed by atoms with Crippen molar-refractivity contribution in [1.29, 1.82) is 0 Å². The summed E-state index contributed by atoms with van der Waals surface area (Å²) in [4.78, 5) is 0. The van der Waals surface area contributed by atoms with E-state index in [1.165, 1.54) is 44.9 Å². The zero-order chi connectivity index (χ0) is 19.7. The maximum absolute atomic E-state index is 11.1. The smallest absolute Gasteiger partial charge is 0.748 e. The summed E-state index contributed by atoms with van der Waals surface area (Å²) in [6.07, 6.45) is 17.5. The van der Waals surface area contributed by atoms with E-state index in [2.05, 4.69) is 6.92 Å². The SMILES string of the molecule is CCCCCC(O)CCCCCCCCCCCC(CCC)S(=O)(=O)[O-].[K+]. The van der Waals surface area contributed by atoms with Crippen LogP contribution in [0.1, 0.15) is 123 Å². The molecule has 0 aliphatic rings. The van der Waals surface area contributed by atoms with Gasteiger partial charge in [0, 0.05) is 5.25 Å². The Kier molecular flexibility index (Phi) is 23.6. The van der Waals surface area contributed by atoms with Gasteiger partial charge in [0.25, 0.3) is 0 Å². The molecule has 2 atom stereocenters. The second-order valence-electron chi connectivity index (χ2n) is 7.81. The number of aliphatic hydroxyl groups is 1. The van der Waals surface area contributed by atoms with Crippen LogP contribution >= 0.6 is 0 Å². The topological polar surface area (TPSA) is 77.4 Å². The number of unbranched alkanes of at least 4 members (excludes halogenated alkanes) is 10. The van der Waals surface area contributed by atoms with Gasteiger partial charge in [-0.15, -0.1) is 0 Å². The van der Waals surface area contributed by atoms with E-state index in [1.54, 1.807) is 0 Å². The van der Waals surface area contributed by atoms with E-state index < -0.39 is 15.4 Å². The van der Waals surface area contributed by atoms with Gasteiger partial charge in [0.05, 0.1) is 16.2 Å². The molecule has 4 nitrogen and oxygen atoms in total. The Labute approximate surface area is 211 Å². The molecule has 0 amide bonds. The molecule has 2 unspecified atom stereocenters. The minimum atomic E-state index is -4.12. The average molecular weight is 431 g/mol. The molecular weight excluding hydrogens is 387 g/mol. The van der Waals surface area contributed by atoms with Crippen LogP contribution < -0.4 is 51.4 Å². The molecule has 0 fully saturated rings. The summed E-state index contributed by atoms with van der Waals surface area (Å²) in [6, 6.07) is 0. The van der Waals surface area contributed by atoms with E-state index in [1.807, 2.05) is 6.92 Å². The Morgan fingerprint density at radius 2 is 1.07 bits per heavy atom. The number of hydrogen-bond acceptors (Lipinski definition) is 4. The van der Waals surface area contributed by atoms with Crippen LogP contribution in [0, 0.1) is 0 Å². The van der Waals surface area contributed by atoms with Crippen molar-refractivity contribution >= 4 is 10.1 Å². The Morgan fingerprint density at radius 3 is 1.48 bits per heavy atom. The van der Waals surface area contributed by atoms with Crippen molar-refractivity contribution in [3.63, 3.8) is 0 Å². The Bertz CT molecular complexity index is 401. The van der Waals surface area contributed by atoms with Crippen LogP contribution in [0.25, 0.3) is 0 Å². The van der Waals surface area contributed by atoms with E-state index in [9.17, 15) is 18.1 Å². The molecule has 0 aromatic rings. The van der Waals surface area contributed by atoms with Gasteiger partial charge in [-0.3, -0.25) is 0 Å². The summed E-state index contributed by atoms with van der Waals surface area (Å²) in [5.74, 6) is 0. The third kappa shape index (κ3) is 20.6. The van der Waals surface area contributed by atoms with Gasteiger partial charge in [-0.05, 0) is 25.7 Å². The molecule has 0 heterocycles. The quantitative estimate of drug-likeness (QED) is 0.194. The predicted octanol–water partition coefficient (Wildman–Crippen LogP) is 2.94. The molecule has 0 saturated carbocycles. The van der Waals surface area contributed by atoms with E-state index in [0.29, 0.717) is 12.8 Å². The molecule has 6 heteroatoms. The van der Waals surface area contributed by atoms with Crippen molar-refractivity contribution in [2.24, 2.45) is 0 Å². The molecule has 0 bridgehead atoms. The molecule has 1 N–H and O–H groups in total. The zero-order valence-corrected chi connectivity index (χ0v) is 22.2. The van der Waals surface area contributed by atoms with Crippen LogP contribution in [0.4, 0.5) is 0 Å². The largest absolute Gasteiger partial charge is 1.00 e. The third-order valence-corrected chi connectivity index (χ3v) is 6.51. The fraction of sp³-hybridized carbons (Fsp3) is 1.00. The standard InChI is InChI=1S/C21H44O4S.K/c1-3-5-13-17-20(22)18-14-11-9-7-6-8-10-12-15-19-21(16-4-2)26(23,24)25;/h20-22H,3-19H2,1-2H3,(H,23,24,25);/q;+1/p-1. The Morgan fingerprint density at radius 1 is 0.667 bits per heavy atom. The molecule has 27 heavy (non-hydrogen) atoms. The van der Waals surface area contributed by atoms with Gasteiger partial charge >= 0.3 is 51.4 Å². The summed E-state index contributed by atoms with van der Waals surface area (Å²) in [5.41, 5.74) is 0. The maximum Gasteiger partial charge on any atom is 1.00 e. The van der Waals surface area contributed by atoms with Gasteiger partial charge in [-0.25, -0.2) is 8.42 Å². The summed E-state index contributed by atoms with van der Waals surface area (Å²) in [6.45, 7) is 4.11. The van der Waals surface area contributed by atoms with Gasteiger partial charge in [-0.2, -0.15) is 0 Å². The molecule has 158 valence electrons. The van der Waals surface area contributed by atoms with Crippen molar-refractivity contribution in [3.05, 3.63) is 0 Å². The van der Waals surface area contributed by atoms with E-state index in [4.69, 9.17) is 0 Å². The molecule has 0 aromatic heterocycles. The fourth-order valence-electron chi connectivity index (χ4n) is 3.52. The molecular formula is C21H43KO4S. The van der Waals surface area contributed by atoms with Crippen molar-refractivity contribution in [3.8, 4) is 0 Å². The van der Waals surface area contributed by atoms with Crippen LogP contribution in [-0.4, -0.2) is 29.4 Å². The van der Waals surface area contributed by atoms with Crippen molar-refractivity contribution in [2.45, 2.75) is 134 Å². The summed E-state index contributed by atoms with van der Waals surface area (Å²) in [7, 11) is -4.12. The first-order valence-electron chi connectivity index (χ1n) is 11.0. The van der Waals surface area contributed by atoms with Gasteiger partial charge in [0.15, 0.2) is 0 Å². The summed E-state index contributed by atoms with van der Waals surface area (Å²) >= 11 is 0. The normalized spacial score (nSPS) is 13.9. The molecule has 0 rings (SSSR count). The van der Waals surface area contributed by atoms with E-state index in [-0.39, 0.29) is 57.5 Å². The third-order valence-electron chi connectivity index (χ3n) is 5.22. The minimum Gasteiger partial charge on any atom is -0.748 e. The molecule has 0 aliphatic carbocycles. The number of rotatable bonds is 19. The first kappa shape index (κ1) is 30.7. The summed E-state index contributed by atoms with van der Waals surface area (Å²) < 4.78 is 33.4. The van der Waals surface area contributed by atoms with Gasteiger partial charge < -0.3 is 9.66 Å². The first-order valence-corrected chi connectivity index (χ1v) is 12.5. The molecule has 0 radical (unpaired) electrons. The second kappa shape index (κ2) is 20.8. The van der Waals surface area contributed by atoms with Gasteiger partial charge in [0.1, 0.15) is 0 Å². The van der Waals surface area contributed by atoms with Crippen LogP contribution in [0.3, 0.4) is 0 Å². The van der Waals surface area contributed by atoms with E-state index in [0.717, 1.165) is 51.4 Å². The molecule has 0 aliphatic heterocycles. The minimum absolute atomic E-state index is 0. The molecule has 0 aromatic carbocycles. The predicted molar refractivity (Wildman–Crippen MR) is 109 cm³/mol. The van der Waals surface area contributed by atoms with Crippen molar-refractivity contribution < 1.29 is 69.5 Å². The summed E-state index contributed by atoms with van der Waals surface area (Å²) in [5, 5.41) is 9.19. The van der Waals surface area contributed by atoms with Crippen LogP contribution in [0.2, 0.25) is 0 Å². The van der Waals surface area contributed by atoms with Crippen molar-refractivity contribution in [1.82, 2.24) is 0 Å². The van der Waals surface area contributed by atoms with Gasteiger partial charge in [0.2, 0.25) is 0 Å². The van der Waals surface area contributed by atoms with Crippen LogP contribution in [-0.2, 0) is 10.1 Å². The number of aliphatic hydroxyl groups excluding tert-OH is 1. The van der Waals surface area contributed by atoms with E-state index >= 15 is 0 Å². The maximum atomic E-state index is 11.1. The molecule has 0 saturated heterocycles. The second-order valence-corrected chi connectivity index (χ2v) is 9.46. The number of hydrogen-bond donors (Lipinski definition) is 1. The van der Waals surface area contributed by atoms with Gasteiger partial charge in [-0.1, -0.05) is 97.3 Å². The van der Waals surface area contributed by atoms with Crippen LogP contribution in [0.15, 0.2) is 0 Å². The van der Waals surface area contributed by atoms with Crippen molar-refractivity contribution in [2.75, 3.05) is 0 Å². The Balaban J connectivity index is 0. The van der Waals surface area contributed by atoms with Crippen LogP contribution in [0.5, 0.6) is 0 Å². The first-order chi connectivity index (χ1) is 12.4. The zero-order valence-electron chi connectivity index (χ0n) is 18.3. The molecule has 0 spiro atoms. The monoisotopic (exact) mass is 430 g/mol. The average Bonchev–Trinajstić information content (AvgIpc) is 2.58. The fourth-order valence-corrected chi connectivity index (χ4v) is 4.50. The Hall–Kier alpha value is 1.51.